The minimum atomic E-state index is -0.0387. The summed E-state index contributed by atoms with van der Waals surface area (Å²) in [7, 11) is 0. The van der Waals surface area contributed by atoms with Gasteiger partial charge in [-0.2, -0.15) is 5.10 Å². The lowest BCUT2D eigenvalue weighted by Crippen LogP contribution is -2.13. The lowest BCUT2D eigenvalue weighted by Gasteiger charge is -2.12. The molecular formula is C33H32N6O. The van der Waals surface area contributed by atoms with Gasteiger partial charge in [0.25, 0.3) is 0 Å². The van der Waals surface area contributed by atoms with Crippen LogP contribution in [-0.2, 0) is 11.2 Å². The Balaban J connectivity index is 1.21. The summed E-state index contributed by atoms with van der Waals surface area (Å²) in [5.41, 5.74) is 12.0. The molecule has 3 heterocycles. The number of aryl methyl sites for hydroxylation is 5. The number of carbonyl (C=O) groups is 1. The zero-order valence-corrected chi connectivity index (χ0v) is 23.5. The molecule has 7 nitrogen and oxygen atoms in total. The number of H-pyrrole nitrogens is 1. The first-order valence-corrected chi connectivity index (χ1v) is 13.6. The molecule has 0 fully saturated rings. The zero-order chi connectivity index (χ0) is 28.0. The molecule has 6 aromatic rings. The summed E-state index contributed by atoms with van der Waals surface area (Å²) in [4.78, 5) is 26.0. The molecule has 6 rings (SSSR count). The molecule has 0 radical (unpaired) electrons. The smallest absolute Gasteiger partial charge is 0.224 e. The molecule has 0 unspecified atom stereocenters. The predicted octanol–water partition coefficient (Wildman–Crippen LogP) is 7.08. The van der Waals surface area contributed by atoms with E-state index in [-0.39, 0.29) is 5.91 Å². The summed E-state index contributed by atoms with van der Waals surface area (Å²) in [5.74, 6) is 0.739. The van der Waals surface area contributed by atoms with Gasteiger partial charge in [-0.05, 0) is 99.7 Å². The molecule has 0 atom stereocenters. The van der Waals surface area contributed by atoms with Crippen LogP contribution in [0.3, 0.4) is 0 Å². The van der Waals surface area contributed by atoms with Crippen LogP contribution in [0.25, 0.3) is 39.1 Å². The van der Waals surface area contributed by atoms with Crippen molar-refractivity contribution in [3.63, 3.8) is 0 Å². The number of pyridine rings is 1. The molecule has 0 bridgehead atoms. The topological polar surface area (TPSA) is 88.5 Å². The van der Waals surface area contributed by atoms with Gasteiger partial charge in [-0.1, -0.05) is 30.3 Å². The van der Waals surface area contributed by atoms with Crippen LogP contribution in [-0.4, -0.2) is 30.6 Å². The van der Waals surface area contributed by atoms with Crippen LogP contribution >= 0.6 is 0 Å². The van der Waals surface area contributed by atoms with E-state index in [2.05, 4.69) is 54.3 Å². The van der Waals surface area contributed by atoms with Gasteiger partial charge in [-0.25, -0.2) is 14.6 Å². The van der Waals surface area contributed by atoms with E-state index in [1.165, 1.54) is 11.1 Å². The number of hydrogen-bond acceptors (Lipinski definition) is 4. The second kappa shape index (κ2) is 10.1. The molecule has 0 spiro atoms. The first-order chi connectivity index (χ1) is 19.3. The zero-order valence-electron chi connectivity index (χ0n) is 23.5. The molecule has 3 aromatic carbocycles. The molecule has 0 aliphatic rings. The number of carbonyl (C=O) groups excluding carboxylic acids is 1. The van der Waals surface area contributed by atoms with E-state index in [4.69, 9.17) is 10.1 Å². The fraction of sp³-hybridized carbons (Fsp3) is 0.212. The van der Waals surface area contributed by atoms with E-state index in [1.807, 2.05) is 67.1 Å². The van der Waals surface area contributed by atoms with E-state index in [0.717, 1.165) is 67.3 Å². The molecule has 7 heteroatoms. The first-order valence-electron chi connectivity index (χ1n) is 13.6. The third kappa shape index (κ3) is 4.64. The largest absolute Gasteiger partial charge is 0.338 e. The van der Waals surface area contributed by atoms with E-state index >= 15 is 0 Å². The van der Waals surface area contributed by atoms with Crippen molar-refractivity contribution in [3.8, 4) is 17.1 Å². The van der Waals surface area contributed by atoms with Gasteiger partial charge in [0.15, 0.2) is 5.65 Å². The lowest BCUT2D eigenvalue weighted by molar-refractivity contribution is -0.116. The molecule has 0 saturated heterocycles. The number of aromatic nitrogens is 5. The number of amides is 1. The number of anilines is 1. The van der Waals surface area contributed by atoms with E-state index < -0.39 is 0 Å². The molecule has 0 saturated carbocycles. The number of para-hydroxylation sites is 2. The number of nitrogens with zero attached hydrogens (tertiary/aromatic N) is 4. The van der Waals surface area contributed by atoms with Crippen molar-refractivity contribution >= 4 is 33.7 Å². The van der Waals surface area contributed by atoms with Gasteiger partial charge >= 0.3 is 0 Å². The lowest BCUT2D eigenvalue weighted by atomic mass is 9.99. The molecule has 0 aliphatic carbocycles. The van der Waals surface area contributed by atoms with Crippen LogP contribution < -0.4 is 5.32 Å². The van der Waals surface area contributed by atoms with Crippen molar-refractivity contribution in [2.24, 2.45) is 0 Å². The van der Waals surface area contributed by atoms with Gasteiger partial charge in [0.05, 0.1) is 22.4 Å². The standard InChI is InChI=1S/C33H32N6O/c1-19-13-14-26(17-20(19)2)39-33-31(23(5)38-39)21(3)27(22(4)34-33)15-16-30(40)35-25-10-8-9-24(18-25)32-36-28-11-6-7-12-29(28)37-32/h6-14,17-18H,15-16H2,1-5H3,(H,35,40)(H,36,37). The number of aromatic amines is 1. The van der Waals surface area contributed by atoms with E-state index in [0.29, 0.717) is 12.8 Å². The number of rotatable bonds is 6. The minimum absolute atomic E-state index is 0.0387. The Bertz CT molecular complexity index is 1880. The number of hydrogen-bond donors (Lipinski definition) is 2. The fourth-order valence-electron chi connectivity index (χ4n) is 5.41. The number of imidazole rings is 1. The summed E-state index contributed by atoms with van der Waals surface area (Å²) < 4.78 is 1.93. The van der Waals surface area contributed by atoms with Gasteiger partial charge in [0, 0.05) is 28.8 Å². The van der Waals surface area contributed by atoms with Crippen LogP contribution in [0.2, 0.25) is 0 Å². The van der Waals surface area contributed by atoms with Crippen molar-refractivity contribution in [3.05, 3.63) is 100 Å². The van der Waals surface area contributed by atoms with Gasteiger partial charge < -0.3 is 10.3 Å². The van der Waals surface area contributed by atoms with Crippen LogP contribution in [0.15, 0.2) is 66.7 Å². The van der Waals surface area contributed by atoms with Crippen LogP contribution in [0.1, 0.15) is 40.1 Å². The molecule has 200 valence electrons. The third-order valence-electron chi connectivity index (χ3n) is 7.72. The number of fused-ring (bicyclic) bond motifs is 2. The Morgan fingerprint density at radius 1 is 0.875 bits per heavy atom. The van der Waals surface area contributed by atoms with Gasteiger partial charge in [0.1, 0.15) is 5.82 Å². The molecule has 2 N–H and O–H groups in total. The summed E-state index contributed by atoms with van der Waals surface area (Å²) >= 11 is 0. The van der Waals surface area contributed by atoms with E-state index in [9.17, 15) is 4.79 Å². The van der Waals surface area contributed by atoms with Crippen molar-refractivity contribution in [1.29, 1.82) is 0 Å². The Kier molecular flexibility index (Phi) is 6.42. The fourth-order valence-corrected chi connectivity index (χ4v) is 5.41. The quantitative estimate of drug-likeness (QED) is 0.242. The highest BCUT2D eigenvalue weighted by Crippen LogP contribution is 2.29. The maximum Gasteiger partial charge on any atom is 0.224 e. The maximum atomic E-state index is 13.0. The number of benzene rings is 3. The monoisotopic (exact) mass is 528 g/mol. The van der Waals surface area contributed by atoms with Gasteiger partial charge in [-0.3, -0.25) is 4.79 Å². The maximum absolute atomic E-state index is 13.0. The molecule has 40 heavy (non-hydrogen) atoms. The molecular weight excluding hydrogens is 496 g/mol. The van der Waals surface area contributed by atoms with Crippen LogP contribution in [0.4, 0.5) is 5.69 Å². The van der Waals surface area contributed by atoms with Crippen LogP contribution in [0.5, 0.6) is 0 Å². The molecule has 3 aromatic heterocycles. The molecule has 0 aliphatic heterocycles. The van der Waals surface area contributed by atoms with Gasteiger partial charge in [0.2, 0.25) is 5.91 Å². The van der Waals surface area contributed by atoms with Crippen molar-refractivity contribution in [2.45, 2.75) is 47.5 Å². The Hall–Kier alpha value is -4.78. The van der Waals surface area contributed by atoms with Crippen molar-refractivity contribution in [2.75, 3.05) is 5.32 Å². The average molecular weight is 529 g/mol. The second-order valence-electron chi connectivity index (χ2n) is 10.5. The first kappa shape index (κ1) is 25.5. The van der Waals surface area contributed by atoms with Crippen molar-refractivity contribution < 1.29 is 4.79 Å². The summed E-state index contributed by atoms with van der Waals surface area (Å²) in [5, 5.41) is 8.95. The summed E-state index contributed by atoms with van der Waals surface area (Å²) in [6.07, 6.45) is 0.956. The van der Waals surface area contributed by atoms with Crippen molar-refractivity contribution in [1.82, 2.24) is 24.7 Å². The highest BCUT2D eigenvalue weighted by atomic mass is 16.1. The summed E-state index contributed by atoms with van der Waals surface area (Å²) in [6.45, 7) is 10.4. The highest BCUT2D eigenvalue weighted by Gasteiger charge is 2.18. The molecule has 1 amide bonds. The van der Waals surface area contributed by atoms with Crippen LogP contribution in [0, 0.1) is 34.6 Å². The Morgan fingerprint density at radius 3 is 2.50 bits per heavy atom. The SMILES string of the molecule is Cc1ccc(-n2nc(C)c3c(C)c(CCC(=O)Nc4cccc(-c5nc6ccccc6[nH]5)c4)c(C)nc32)cc1C. The third-order valence-corrected chi connectivity index (χ3v) is 7.72. The predicted molar refractivity (Wildman–Crippen MR) is 161 cm³/mol. The highest BCUT2D eigenvalue weighted by molar-refractivity contribution is 5.92. The normalized spacial score (nSPS) is 11.4. The summed E-state index contributed by atoms with van der Waals surface area (Å²) in [6, 6.07) is 22.1. The Labute approximate surface area is 233 Å². The van der Waals surface area contributed by atoms with Gasteiger partial charge in [-0.15, -0.1) is 0 Å². The Morgan fingerprint density at radius 2 is 1.70 bits per heavy atom. The van der Waals surface area contributed by atoms with E-state index in [1.54, 1.807) is 0 Å². The number of nitrogens with one attached hydrogen (secondary N) is 2. The minimum Gasteiger partial charge on any atom is -0.338 e. The average Bonchev–Trinajstić information content (AvgIpc) is 3.51. The second-order valence-corrected chi connectivity index (χ2v) is 10.5.